The SMILES string of the molecule is O=C(C(=O)c1ccc(Cl)cc1Cl)c1ccccc1. The summed E-state index contributed by atoms with van der Waals surface area (Å²) in [6.45, 7) is 0. The lowest BCUT2D eigenvalue weighted by molar-refractivity contribution is 0.0817. The summed E-state index contributed by atoms with van der Waals surface area (Å²) in [4.78, 5) is 23.9. The highest BCUT2D eigenvalue weighted by Gasteiger charge is 2.20. The molecule has 0 heterocycles. The monoisotopic (exact) mass is 278 g/mol. The van der Waals surface area contributed by atoms with E-state index in [2.05, 4.69) is 0 Å². The van der Waals surface area contributed by atoms with Crippen molar-refractivity contribution in [3.8, 4) is 0 Å². The number of rotatable bonds is 3. The second-order valence-electron chi connectivity index (χ2n) is 3.65. The highest BCUT2D eigenvalue weighted by Crippen LogP contribution is 2.22. The molecule has 18 heavy (non-hydrogen) atoms. The molecule has 0 radical (unpaired) electrons. The average Bonchev–Trinajstić information content (AvgIpc) is 2.38. The van der Waals surface area contributed by atoms with Crippen LogP contribution in [0, 0.1) is 0 Å². The molecule has 0 aliphatic rings. The van der Waals surface area contributed by atoms with Gasteiger partial charge in [-0.15, -0.1) is 0 Å². The smallest absolute Gasteiger partial charge is 0.235 e. The van der Waals surface area contributed by atoms with Crippen LogP contribution in [0.5, 0.6) is 0 Å². The molecule has 0 saturated carbocycles. The second kappa shape index (κ2) is 5.34. The standard InChI is InChI=1S/C14H8Cl2O2/c15-10-6-7-11(12(16)8-10)14(18)13(17)9-4-2-1-3-5-9/h1-8H. The molecule has 2 nitrogen and oxygen atoms in total. The van der Waals surface area contributed by atoms with Gasteiger partial charge in [0, 0.05) is 16.1 Å². The van der Waals surface area contributed by atoms with Gasteiger partial charge in [0.1, 0.15) is 0 Å². The molecule has 2 aromatic carbocycles. The van der Waals surface area contributed by atoms with Crippen LogP contribution in [-0.4, -0.2) is 11.6 Å². The Balaban J connectivity index is 2.35. The van der Waals surface area contributed by atoms with E-state index in [0.29, 0.717) is 10.6 Å². The molecule has 4 heteroatoms. The van der Waals surface area contributed by atoms with Crippen LogP contribution in [0.1, 0.15) is 20.7 Å². The fourth-order valence-electron chi connectivity index (χ4n) is 1.52. The van der Waals surface area contributed by atoms with Gasteiger partial charge < -0.3 is 0 Å². The van der Waals surface area contributed by atoms with E-state index in [-0.39, 0.29) is 10.6 Å². The number of hydrogen-bond acceptors (Lipinski definition) is 2. The van der Waals surface area contributed by atoms with Crippen LogP contribution in [0.4, 0.5) is 0 Å². The first-order valence-corrected chi connectivity index (χ1v) is 5.94. The predicted octanol–water partition coefficient (Wildman–Crippen LogP) is 4.06. The Bertz CT molecular complexity index is 606. The highest BCUT2D eigenvalue weighted by molar-refractivity contribution is 6.52. The molecule has 0 fully saturated rings. The van der Waals surface area contributed by atoms with E-state index in [0.717, 1.165) is 0 Å². The number of ketones is 2. The van der Waals surface area contributed by atoms with Crippen LogP contribution in [0.2, 0.25) is 10.0 Å². The van der Waals surface area contributed by atoms with E-state index >= 15 is 0 Å². The lowest BCUT2D eigenvalue weighted by Gasteiger charge is -2.03. The summed E-state index contributed by atoms with van der Waals surface area (Å²) in [5.41, 5.74) is 0.503. The van der Waals surface area contributed by atoms with Crippen molar-refractivity contribution in [3.05, 3.63) is 69.7 Å². The molecule has 2 rings (SSSR count). The van der Waals surface area contributed by atoms with E-state index in [1.807, 2.05) is 0 Å². The van der Waals surface area contributed by atoms with Gasteiger partial charge in [0.25, 0.3) is 0 Å². The van der Waals surface area contributed by atoms with Gasteiger partial charge in [0.15, 0.2) is 0 Å². The van der Waals surface area contributed by atoms with Crippen molar-refractivity contribution in [2.45, 2.75) is 0 Å². The van der Waals surface area contributed by atoms with Crippen molar-refractivity contribution in [3.63, 3.8) is 0 Å². The number of halogens is 2. The van der Waals surface area contributed by atoms with E-state index in [1.165, 1.54) is 18.2 Å². The van der Waals surface area contributed by atoms with E-state index in [9.17, 15) is 9.59 Å². The number of hydrogen-bond donors (Lipinski definition) is 0. The average molecular weight is 279 g/mol. The molecular formula is C14H8Cl2O2. The van der Waals surface area contributed by atoms with Crippen LogP contribution in [0.3, 0.4) is 0 Å². The summed E-state index contributed by atoms with van der Waals surface area (Å²) < 4.78 is 0. The van der Waals surface area contributed by atoms with Crippen molar-refractivity contribution >= 4 is 34.8 Å². The quantitative estimate of drug-likeness (QED) is 0.627. The number of carbonyl (C=O) groups excluding carboxylic acids is 2. The van der Waals surface area contributed by atoms with Gasteiger partial charge in [-0.1, -0.05) is 53.5 Å². The zero-order valence-electron chi connectivity index (χ0n) is 9.19. The first-order chi connectivity index (χ1) is 8.59. The van der Waals surface area contributed by atoms with Gasteiger partial charge >= 0.3 is 0 Å². The molecule has 90 valence electrons. The van der Waals surface area contributed by atoms with Gasteiger partial charge in [0.05, 0.1) is 5.02 Å². The third-order valence-corrected chi connectivity index (χ3v) is 2.97. The minimum absolute atomic E-state index is 0.162. The summed E-state index contributed by atoms with van der Waals surface area (Å²) in [5.74, 6) is -1.22. The second-order valence-corrected chi connectivity index (χ2v) is 4.49. The van der Waals surface area contributed by atoms with E-state index in [1.54, 1.807) is 30.3 Å². The first-order valence-electron chi connectivity index (χ1n) is 5.18. The van der Waals surface area contributed by atoms with Crippen molar-refractivity contribution in [2.75, 3.05) is 0 Å². The van der Waals surface area contributed by atoms with E-state index < -0.39 is 11.6 Å². The van der Waals surface area contributed by atoms with Gasteiger partial charge in [-0.25, -0.2) is 0 Å². The topological polar surface area (TPSA) is 34.1 Å². The molecule has 0 aromatic heterocycles. The van der Waals surface area contributed by atoms with Crippen LogP contribution in [0.15, 0.2) is 48.5 Å². The van der Waals surface area contributed by atoms with Crippen molar-refractivity contribution < 1.29 is 9.59 Å². The van der Waals surface area contributed by atoms with Gasteiger partial charge in [-0.05, 0) is 18.2 Å². The Morgan fingerprint density at radius 1 is 0.833 bits per heavy atom. The first kappa shape index (κ1) is 12.8. The summed E-state index contributed by atoms with van der Waals surface area (Å²) in [6, 6.07) is 12.8. The molecule has 0 aliphatic heterocycles. The zero-order valence-corrected chi connectivity index (χ0v) is 10.7. The fraction of sp³-hybridized carbons (Fsp3) is 0. The minimum Gasteiger partial charge on any atom is -0.285 e. The van der Waals surface area contributed by atoms with Gasteiger partial charge in [-0.3, -0.25) is 9.59 Å². The lowest BCUT2D eigenvalue weighted by atomic mass is 10.0. The largest absolute Gasteiger partial charge is 0.285 e. The Labute approximate surface area is 114 Å². The van der Waals surface area contributed by atoms with E-state index in [4.69, 9.17) is 23.2 Å². The molecule has 0 amide bonds. The van der Waals surface area contributed by atoms with Crippen LogP contribution in [-0.2, 0) is 0 Å². The molecule has 0 unspecified atom stereocenters. The normalized spacial score (nSPS) is 10.1. The molecular weight excluding hydrogens is 271 g/mol. The van der Waals surface area contributed by atoms with Gasteiger partial charge in [-0.2, -0.15) is 0 Å². The van der Waals surface area contributed by atoms with Crippen molar-refractivity contribution in [1.29, 1.82) is 0 Å². The van der Waals surface area contributed by atoms with Crippen LogP contribution in [0.25, 0.3) is 0 Å². The molecule has 2 aromatic rings. The Kier molecular flexibility index (Phi) is 3.80. The lowest BCUT2D eigenvalue weighted by Crippen LogP contribution is -2.14. The molecule has 0 N–H and O–H groups in total. The Morgan fingerprint density at radius 2 is 1.50 bits per heavy atom. The van der Waals surface area contributed by atoms with Crippen LogP contribution < -0.4 is 0 Å². The summed E-state index contributed by atoms with van der Waals surface area (Å²) in [7, 11) is 0. The number of benzene rings is 2. The number of carbonyl (C=O) groups is 2. The van der Waals surface area contributed by atoms with Gasteiger partial charge in [0.2, 0.25) is 11.6 Å². The number of Topliss-reactive ketones (excluding diaryl/α,β-unsaturated/α-hetero) is 2. The molecule has 0 atom stereocenters. The van der Waals surface area contributed by atoms with Crippen molar-refractivity contribution in [1.82, 2.24) is 0 Å². The fourth-order valence-corrected chi connectivity index (χ4v) is 2.01. The maximum atomic E-state index is 12.0. The minimum atomic E-state index is -0.636. The molecule has 0 saturated heterocycles. The summed E-state index contributed by atoms with van der Waals surface area (Å²) in [5, 5.41) is 0.598. The summed E-state index contributed by atoms with van der Waals surface area (Å²) in [6.07, 6.45) is 0. The molecule has 0 aliphatic carbocycles. The Hall–Kier alpha value is -1.64. The third-order valence-electron chi connectivity index (χ3n) is 2.42. The Morgan fingerprint density at radius 3 is 2.11 bits per heavy atom. The predicted molar refractivity (Wildman–Crippen MR) is 71.6 cm³/mol. The van der Waals surface area contributed by atoms with Crippen LogP contribution >= 0.6 is 23.2 Å². The van der Waals surface area contributed by atoms with Crippen molar-refractivity contribution in [2.24, 2.45) is 0 Å². The third kappa shape index (κ3) is 2.61. The molecule has 0 bridgehead atoms. The maximum Gasteiger partial charge on any atom is 0.235 e. The maximum absolute atomic E-state index is 12.0. The summed E-state index contributed by atoms with van der Waals surface area (Å²) >= 11 is 11.6. The molecule has 0 spiro atoms. The zero-order chi connectivity index (χ0) is 13.1. The highest BCUT2D eigenvalue weighted by atomic mass is 35.5.